The summed E-state index contributed by atoms with van der Waals surface area (Å²) in [6.45, 7) is 0.874. The van der Waals surface area contributed by atoms with Gasteiger partial charge >= 0.3 is 0 Å². The third kappa shape index (κ3) is 2.92. The zero-order valence-electron chi connectivity index (χ0n) is 9.45. The molecule has 0 radical (unpaired) electrons. The minimum Gasteiger partial charge on any atom is -0.319 e. The molecular weight excluding hydrogens is 285 g/mol. The average Bonchev–Trinajstić information content (AvgIpc) is 2.69. The molecule has 2 rings (SSSR count). The van der Waals surface area contributed by atoms with Gasteiger partial charge in [0, 0.05) is 19.2 Å². The quantitative estimate of drug-likeness (QED) is 0.940. The fourth-order valence-electron chi connectivity index (χ4n) is 1.53. The minimum atomic E-state index is -0.240. The first kappa shape index (κ1) is 12.3. The summed E-state index contributed by atoms with van der Waals surface area (Å²) in [6.07, 6.45) is 2.74. The molecule has 0 amide bonds. The maximum Gasteiger partial charge on any atom is 0.123 e. The third-order valence-electron chi connectivity index (χ3n) is 2.44. The molecule has 0 fully saturated rings. The molecule has 1 aromatic heterocycles. The summed E-state index contributed by atoms with van der Waals surface area (Å²) in [5.41, 5.74) is 1.84. The first-order valence-electron chi connectivity index (χ1n) is 5.35. The van der Waals surface area contributed by atoms with Crippen LogP contribution in [0.2, 0.25) is 0 Å². The zero-order valence-corrected chi connectivity index (χ0v) is 11.0. The van der Waals surface area contributed by atoms with Gasteiger partial charge in [-0.1, -0.05) is 0 Å². The maximum atomic E-state index is 12.8. The Balaban J connectivity index is 2.24. The Morgan fingerprint density at radius 1 is 1.35 bits per heavy atom. The van der Waals surface area contributed by atoms with E-state index in [1.807, 2.05) is 13.2 Å². The lowest BCUT2D eigenvalue weighted by Crippen LogP contribution is -2.11. The van der Waals surface area contributed by atoms with Gasteiger partial charge in [-0.2, -0.15) is 5.10 Å². The van der Waals surface area contributed by atoms with Crippen molar-refractivity contribution in [3.63, 3.8) is 0 Å². The Morgan fingerprint density at radius 2 is 2.06 bits per heavy atom. The number of rotatable bonds is 4. The van der Waals surface area contributed by atoms with Crippen LogP contribution in [-0.4, -0.2) is 23.4 Å². The molecule has 0 aliphatic heterocycles. The van der Waals surface area contributed by atoms with Crippen LogP contribution in [-0.2, 0) is 6.42 Å². The van der Waals surface area contributed by atoms with E-state index >= 15 is 0 Å². The number of nitrogens with zero attached hydrogens (tertiary/aromatic N) is 2. The van der Waals surface area contributed by atoms with Gasteiger partial charge in [-0.25, -0.2) is 9.07 Å². The predicted octanol–water partition coefficient (Wildman–Crippen LogP) is 2.54. The fourth-order valence-corrected chi connectivity index (χ4v) is 2.00. The summed E-state index contributed by atoms with van der Waals surface area (Å²) in [6, 6.07) is 6.27. The second-order valence-electron chi connectivity index (χ2n) is 3.70. The molecule has 0 bridgehead atoms. The van der Waals surface area contributed by atoms with Gasteiger partial charge in [0.2, 0.25) is 0 Å². The van der Waals surface area contributed by atoms with Crippen LogP contribution in [0.1, 0.15) is 5.69 Å². The van der Waals surface area contributed by atoms with Crippen LogP contribution in [0.5, 0.6) is 0 Å². The molecule has 5 heteroatoms. The molecule has 0 unspecified atom stereocenters. The third-order valence-corrected chi connectivity index (χ3v) is 3.11. The monoisotopic (exact) mass is 297 g/mol. The molecule has 1 heterocycles. The molecule has 1 aromatic carbocycles. The Bertz CT molecular complexity index is 493. The number of aromatic nitrogens is 2. The number of hydrogen-bond donors (Lipinski definition) is 1. The van der Waals surface area contributed by atoms with E-state index in [0.717, 1.165) is 28.8 Å². The molecule has 2 aromatic rings. The largest absolute Gasteiger partial charge is 0.319 e. The van der Waals surface area contributed by atoms with Crippen molar-refractivity contribution >= 4 is 15.9 Å². The first-order chi connectivity index (χ1) is 8.20. The average molecular weight is 298 g/mol. The van der Waals surface area contributed by atoms with Crippen molar-refractivity contribution in [3.8, 4) is 5.69 Å². The van der Waals surface area contributed by atoms with Crippen LogP contribution in [0.3, 0.4) is 0 Å². The number of halogens is 2. The topological polar surface area (TPSA) is 29.9 Å². The lowest BCUT2D eigenvalue weighted by Gasteiger charge is -2.00. The lowest BCUT2D eigenvalue weighted by atomic mass is 10.3. The first-order valence-corrected chi connectivity index (χ1v) is 6.14. The van der Waals surface area contributed by atoms with E-state index in [1.54, 1.807) is 16.8 Å². The summed E-state index contributed by atoms with van der Waals surface area (Å²) in [5, 5.41) is 7.53. The van der Waals surface area contributed by atoms with Crippen molar-refractivity contribution in [2.45, 2.75) is 6.42 Å². The Morgan fingerprint density at radius 3 is 2.71 bits per heavy atom. The zero-order chi connectivity index (χ0) is 12.3. The number of likely N-dealkylation sites (N-methyl/N-ethyl adjacent to an activating group) is 1. The van der Waals surface area contributed by atoms with Crippen molar-refractivity contribution in [1.82, 2.24) is 15.1 Å². The summed E-state index contributed by atoms with van der Waals surface area (Å²) in [4.78, 5) is 0. The van der Waals surface area contributed by atoms with Gasteiger partial charge in [0.25, 0.3) is 0 Å². The molecular formula is C12H13BrFN3. The molecule has 3 nitrogen and oxygen atoms in total. The van der Waals surface area contributed by atoms with Crippen molar-refractivity contribution in [3.05, 3.63) is 46.4 Å². The highest BCUT2D eigenvalue weighted by atomic mass is 79.9. The Labute approximate surface area is 108 Å². The second kappa shape index (κ2) is 5.42. The predicted molar refractivity (Wildman–Crippen MR) is 68.9 cm³/mol. The summed E-state index contributed by atoms with van der Waals surface area (Å²) >= 11 is 3.47. The molecule has 0 saturated carbocycles. The highest BCUT2D eigenvalue weighted by Gasteiger charge is 2.07. The highest BCUT2D eigenvalue weighted by Crippen LogP contribution is 2.18. The van der Waals surface area contributed by atoms with Gasteiger partial charge in [0.1, 0.15) is 5.82 Å². The molecule has 0 saturated heterocycles. The van der Waals surface area contributed by atoms with Crippen LogP contribution in [0.15, 0.2) is 34.9 Å². The van der Waals surface area contributed by atoms with Gasteiger partial charge < -0.3 is 5.32 Å². The number of hydrogen-bond acceptors (Lipinski definition) is 2. The van der Waals surface area contributed by atoms with Crippen LogP contribution >= 0.6 is 15.9 Å². The van der Waals surface area contributed by atoms with E-state index < -0.39 is 0 Å². The SMILES string of the molecule is CNCCc1nn(-c2ccc(F)cc2)cc1Br. The molecule has 0 aliphatic carbocycles. The molecule has 90 valence electrons. The highest BCUT2D eigenvalue weighted by molar-refractivity contribution is 9.10. The Hall–Kier alpha value is -1.20. The minimum absolute atomic E-state index is 0.240. The fraction of sp³-hybridized carbons (Fsp3) is 0.250. The molecule has 0 spiro atoms. The van der Waals surface area contributed by atoms with Crippen molar-refractivity contribution < 1.29 is 4.39 Å². The lowest BCUT2D eigenvalue weighted by molar-refractivity contribution is 0.627. The summed E-state index contributed by atoms with van der Waals surface area (Å²) in [7, 11) is 1.91. The van der Waals surface area contributed by atoms with Crippen LogP contribution < -0.4 is 5.32 Å². The number of nitrogens with one attached hydrogen (secondary N) is 1. The van der Waals surface area contributed by atoms with E-state index in [1.165, 1.54) is 12.1 Å². The van der Waals surface area contributed by atoms with E-state index in [2.05, 4.69) is 26.3 Å². The van der Waals surface area contributed by atoms with Gasteiger partial charge in [0.05, 0.1) is 15.9 Å². The molecule has 0 aliphatic rings. The Kier molecular flexibility index (Phi) is 3.91. The smallest absolute Gasteiger partial charge is 0.123 e. The van der Waals surface area contributed by atoms with Gasteiger partial charge in [-0.05, 0) is 47.2 Å². The van der Waals surface area contributed by atoms with Crippen LogP contribution in [0.4, 0.5) is 4.39 Å². The summed E-state index contributed by atoms with van der Waals surface area (Å²) < 4.78 is 15.5. The van der Waals surface area contributed by atoms with Gasteiger partial charge in [-0.3, -0.25) is 0 Å². The molecule has 17 heavy (non-hydrogen) atoms. The van der Waals surface area contributed by atoms with Crippen LogP contribution in [0, 0.1) is 5.82 Å². The van der Waals surface area contributed by atoms with E-state index in [9.17, 15) is 4.39 Å². The van der Waals surface area contributed by atoms with Crippen molar-refractivity contribution in [2.75, 3.05) is 13.6 Å². The van der Waals surface area contributed by atoms with Gasteiger partial charge in [0.15, 0.2) is 0 Å². The van der Waals surface area contributed by atoms with Crippen molar-refractivity contribution in [1.29, 1.82) is 0 Å². The molecule has 1 N–H and O–H groups in total. The summed E-state index contributed by atoms with van der Waals surface area (Å²) in [5.74, 6) is -0.240. The maximum absolute atomic E-state index is 12.8. The van der Waals surface area contributed by atoms with E-state index in [4.69, 9.17) is 0 Å². The standard InChI is InChI=1S/C12H13BrFN3/c1-15-7-6-12-11(13)8-17(16-12)10-4-2-9(14)3-5-10/h2-5,8,15H,6-7H2,1H3. The number of benzene rings is 1. The van der Waals surface area contributed by atoms with Crippen LogP contribution in [0.25, 0.3) is 5.69 Å². The van der Waals surface area contributed by atoms with Crippen molar-refractivity contribution in [2.24, 2.45) is 0 Å². The van der Waals surface area contributed by atoms with Gasteiger partial charge in [-0.15, -0.1) is 0 Å². The van der Waals surface area contributed by atoms with E-state index in [0.29, 0.717) is 0 Å². The second-order valence-corrected chi connectivity index (χ2v) is 4.55. The molecule has 0 atom stereocenters. The van der Waals surface area contributed by atoms with E-state index in [-0.39, 0.29) is 5.82 Å². The normalized spacial score (nSPS) is 10.8.